The molecule has 0 unspecified atom stereocenters. The van der Waals surface area contributed by atoms with Crippen LogP contribution < -0.4 is 0 Å². The Bertz CT molecular complexity index is 229. The smallest absolute Gasteiger partial charge is 0.303 e. The molecule has 0 amide bonds. The lowest BCUT2D eigenvalue weighted by molar-refractivity contribution is -0.137. The highest BCUT2D eigenvalue weighted by molar-refractivity contribution is 7.57. The standard InChI is InChI=1S/C9H15O6P.ClH.H2O/c10-7(11)1-4-16(5-2-8(12)13)6-3-9(14)15;;/h1-6H2,(H,10,11)(H,12,13)(H,14,15);1H;1H2. The van der Waals surface area contributed by atoms with Crippen molar-refractivity contribution in [1.29, 1.82) is 0 Å². The molecule has 0 aliphatic rings. The van der Waals surface area contributed by atoms with Crippen molar-refractivity contribution in [1.82, 2.24) is 0 Å². The second kappa shape index (κ2) is 12.5. The van der Waals surface area contributed by atoms with Crippen molar-refractivity contribution < 1.29 is 35.2 Å². The van der Waals surface area contributed by atoms with E-state index in [0.29, 0.717) is 18.5 Å². The maximum Gasteiger partial charge on any atom is 0.303 e. The average Bonchev–Trinajstić information content (AvgIpc) is 2.15. The molecule has 108 valence electrons. The van der Waals surface area contributed by atoms with E-state index in [1.54, 1.807) is 0 Å². The van der Waals surface area contributed by atoms with Gasteiger partial charge in [0.05, 0.1) is 0 Å². The molecular weight excluding hydrogens is 287 g/mol. The molecule has 0 aliphatic carbocycles. The molecule has 7 nitrogen and oxygen atoms in total. The Hall–Kier alpha value is -0.910. The minimum absolute atomic E-state index is 0. The van der Waals surface area contributed by atoms with Crippen LogP contribution in [-0.4, -0.2) is 57.2 Å². The highest BCUT2D eigenvalue weighted by Crippen LogP contribution is 2.37. The molecule has 0 aromatic heterocycles. The van der Waals surface area contributed by atoms with Gasteiger partial charge < -0.3 is 20.8 Å². The Labute approximate surface area is 112 Å². The van der Waals surface area contributed by atoms with E-state index in [4.69, 9.17) is 15.3 Å². The Balaban J connectivity index is -0.00000112. The monoisotopic (exact) mass is 304 g/mol. The van der Waals surface area contributed by atoms with Gasteiger partial charge in [0.2, 0.25) is 0 Å². The normalized spacial score (nSPS) is 9.17. The Morgan fingerprint density at radius 1 is 0.722 bits per heavy atom. The van der Waals surface area contributed by atoms with Gasteiger partial charge in [0.1, 0.15) is 0 Å². The zero-order valence-corrected chi connectivity index (χ0v) is 11.4. The molecule has 0 bridgehead atoms. The second-order valence-corrected chi connectivity index (χ2v) is 5.96. The summed E-state index contributed by atoms with van der Waals surface area (Å²) in [6.45, 7) is 0. The van der Waals surface area contributed by atoms with Crippen LogP contribution in [0.25, 0.3) is 0 Å². The maximum atomic E-state index is 10.4. The van der Waals surface area contributed by atoms with E-state index in [0.717, 1.165) is 0 Å². The number of hydrogen-bond donors (Lipinski definition) is 3. The van der Waals surface area contributed by atoms with Crippen LogP contribution in [0.1, 0.15) is 19.3 Å². The van der Waals surface area contributed by atoms with Gasteiger partial charge in [0.15, 0.2) is 0 Å². The summed E-state index contributed by atoms with van der Waals surface area (Å²) in [5, 5.41) is 25.5. The molecule has 9 heteroatoms. The van der Waals surface area contributed by atoms with E-state index >= 15 is 0 Å². The van der Waals surface area contributed by atoms with Gasteiger partial charge in [-0.2, -0.15) is 0 Å². The van der Waals surface area contributed by atoms with E-state index < -0.39 is 25.8 Å². The predicted octanol–water partition coefficient (Wildman–Crippen LogP) is 0.489. The van der Waals surface area contributed by atoms with Crippen molar-refractivity contribution in [3.8, 4) is 0 Å². The molecule has 5 N–H and O–H groups in total. The lowest BCUT2D eigenvalue weighted by atomic mass is 10.5. The van der Waals surface area contributed by atoms with Crippen LogP contribution >= 0.6 is 20.3 Å². The molecule has 0 spiro atoms. The molecule has 0 saturated carbocycles. The quantitative estimate of drug-likeness (QED) is 0.529. The first kappa shape index (κ1) is 22.3. The van der Waals surface area contributed by atoms with E-state index in [9.17, 15) is 14.4 Å². The number of carbonyl (C=O) groups is 3. The summed E-state index contributed by atoms with van der Waals surface area (Å²) in [4.78, 5) is 31.1. The van der Waals surface area contributed by atoms with Crippen LogP contribution in [0.3, 0.4) is 0 Å². The maximum absolute atomic E-state index is 10.4. The number of halogens is 1. The first-order chi connectivity index (χ1) is 7.41. The number of carboxylic acids is 3. The Morgan fingerprint density at radius 2 is 0.944 bits per heavy atom. The summed E-state index contributed by atoms with van der Waals surface area (Å²) in [7, 11) is -0.801. The SMILES string of the molecule is Cl.O.O=C(O)CCP(CCC(=O)O)CCC(=O)O. The Kier molecular flexibility index (Phi) is 15.5. The molecule has 0 heterocycles. The van der Waals surface area contributed by atoms with Gasteiger partial charge in [-0.3, -0.25) is 14.4 Å². The van der Waals surface area contributed by atoms with Crippen LogP contribution in [0.2, 0.25) is 0 Å². The van der Waals surface area contributed by atoms with Gasteiger partial charge in [0.25, 0.3) is 0 Å². The largest absolute Gasteiger partial charge is 0.481 e. The van der Waals surface area contributed by atoms with Gasteiger partial charge >= 0.3 is 17.9 Å². The van der Waals surface area contributed by atoms with Gasteiger partial charge in [-0.1, -0.05) is 0 Å². The van der Waals surface area contributed by atoms with Gasteiger partial charge in [-0.25, -0.2) is 0 Å². The highest BCUT2D eigenvalue weighted by Gasteiger charge is 2.13. The van der Waals surface area contributed by atoms with Crippen molar-refractivity contribution >= 4 is 38.2 Å². The summed E-state index contributed by atoms with van der Waals surface area (Å²) in [6.07, 6.45) is 1.11. The first-order valence-electron chi connectivity index (χ1n) is 4.79. The first-order valence-corrected chi connectivity index (χ1v) is 6.69. The summed E-state index contributed by atoms with van der Waals surface area (Å²) < 4.78 is 0. The molecule has 0 saturated heterocycles. The zero-order valence-electron chi connectivity index (χ0n) is 9.66. The van der Waals surface area contributed by atoms with Crippen LogP contribution in [0.4, 0.5) is 0 Å². The van der Waals surface area contributed by atoms with Crippen LogP contribution in [-0.2, 0) is 14.4 Å². The van der Waals surface area contributed by atoms with E-state index in [1.807, 2.05) is 0 Å². The fraction of sp³-hybridized carbons (Fsp3) is 0.667. The predicted molar refractivity (Wildman–Crippen MR) is 69.1 cm³/mol. The third-order valence-corrected chi connectivity index (χ3v) is 4.49. The molecule has 0 aliphatic heterocycles. The molecule has 0 radical (unpaired) electrons. The molecule has 0 aromatic rings. The third-order valence-electron chi connectivity index (χ3n) is 1.93. The zero-order chi connectivity index (χ0) is 12.6. The highest BCUT2D eigenvalue weighted by atomic mass is 35.5. The summed E-state index contributed by atoms with van der Waals surface area (Å²) in [5.41, 5.74) is 0. The fourth-order valence-electron chi connectivity index (χ4n) is 1.10. The van der Waals surface area contributed by atoms with Crippen LogP contribution in [0, 0.1) is 0 Å². The fourth-order valence-corrected chi connectivity index (χ4v) is 3.29. The van der Waals surface area contributed by atoms with Crippen molar-refractivity contribution in [2.45, 2.75) is 19.3 Å². The number of hydrogen-bond acceptors (Lipinski definition) is 3. The molecule has 0 atom stereocenters. The van der Waals surface area contributed by atoms with E-state index in [1.165, 1.54) is 0 Å². The molecule has 0 fully saturated rings. The average molecular weight is 305 g/mol. The lowest BCUT2D eigenvalue weighted by Crippen LogP contribution is -2.07. The minimum atomic E-state index is -0.932. The van der Waals surface area contributed by atoms with Crippen molar-refractivity contribution in [3.63, 3.8) is 0 Å². The summed E-state index contributed by atoms with van der Waals surface area (Å²) in [6, 6.07) is 0. The van der Waals surface area contributed by atoms with Gasteiger partial charge in [-0.15, -0.1) is 20.3 Å². The number of aliphatic carboxylic acids is 3. The minimum Gasteiger partial charge on any atom is -0.481 e. The number of rotatable bonds is 9. The number of carboxylic acid groups (broad SMARTS) is 3. The van der Waals surface area contributed by atoms with Crippen molar-refractivity contribution in [3.05, 3.63) is 0 Å². The lowest BCUT2D eigenvalue weighted by Gasteiger charge is -2.14. The van der Waals surface area contributed by atoms with Crippen molar-refractivity contribution in [2.75, 3.05) is 18.5 Å². The molecule has 0 rings (SSSR count). The molecule has 0 aromatic carbocycles. The topological polar surface area (TPSA) is 143 Å². The van der Waals surface area contributed by atoms with E-state index in [-0.39, 0.29) is 37.1 Å². The van der Waals surface area contributed by atoms with E-state index in [2.05, 4.69) is 0 Å². The molecular formula is C9H18ClO7P. The Morgan fingerprint density at radius 3 is 1.11 bits per heavy atom. The van der Waals surface area contributed by atoms with Crippen molar-refractivity contribution in [2.24, 2.45) is 0 Å². The second-order valence-electron chi connectivity index (χ2n) is 3.27. The summed E-state index contributed by atoms with van der Waals surface area (Å²) >= 11 is 0. The van der Waals surface area contributed by atoms with Gasteiger partial charge in [0, 0.05) is 19.3 Å². The van der Waals surface area contributed by atoms with Crippen LogP contribution in [0.5, 0.6) is 0 Å². The van der Waals surface area contributed by atoms with Crippen LogP contribution in [0.15, 0.2) is 0 Å². The van der Waals surface area contributed by atoms with Gasteiger partial charge in [-0.05, 0) is 18.5 Å². The molecule has 18 heavy (non-hydrogen) atoms. The third kappa shape index (κ3) is 15.1. The summed E-state index contributed by atoms with van der Waals surface area (Å²) in [5.74, 6) is -2.80.